The summed E-state index contributed by atoms with van der Waals surface area (Å²) in [4.78, 5) is 9.22. The van der Waals surface area contributed by atoms with Crippen molar-refractivity contribution in [1.82, 2.24) is 0 Å². The van der Waals surface area contributed by atoms with E-state index in [2.05, 4.69) is 19.0 Å². The molecule has 1 unspecified atom stereocenters. The van der Waals surface area contributed by atoms with E-state index in [1.54, 1.807) is 0 Å². The highest BCUT2D eigenvalue weighted by Crippen LogP contribution is 2.40. The van der Waals surface area contributed by atoms with Gasteiger partial charge in [-0.25, -0.2) is 0 Å². The molecular formula is C10H22NO4P. The Labute approximate surface area is 97.0 Å². The van der Waals surface area contributed by atoms with Crippen LogP contribution >= 0.6 is 7.60 Å². The molecule has 0 aliphatic heterocycles. The minimum absolute atomic E-state index is 0.241. The molecule has 0 saturated carbocycles. The molecule has 5 nitrogen and oxygen atoms in total. The zero-order valence-corrected chi connectivity index (χ0v) is 10.9. The van der Waals surface area contributed by atoms with Crippen LogP contribution < -0.4 is 0 Å². The first-order chi connectivity index (χ1) is 7.48. The highest BCUT2D eigenvalue weighted by molar-refractivity contribution is 7.53. The molecule has 0 amide bonds. The third kappa shape index (κ3) is 10.1. The minimum atomic E-state index is -3.59. The van der Waals surface area contributed by atoms with Crippen LogP contribution in [0.5, 0.6) is 0 Å². The predicted octanol–water partition coefficient (Wildman–Crippen LogP) is 2.86. The molecule has 0 aromatic carbocycles. The van der Waals surface area contributed by atoms with Crippen LogP contribution in [0.15, 0.2) is 5.16 Å². The summed E-state index contributed by atoms with van der Waals surface area (Å²) in [7, 11) is -3.59. The maximum absolute atomic E-state index is 11.2. The Bertz CT molecular complexity index is 243. The minimum Gasteiger partial charge on any atom is -0.411 e. The third-order valence-corrected chi connectivity index (χ3v) is 3.32. The Hall–Kier alpha value is -0.380. The molecule has 0 saturated heterocycles. The van der Waals surface area contributed by atoms with E-state index in [1.807, 2.05) is 0 Å². The second kappa shape index (κ2) is 8.74. The van der Waals surface area contributed by atoms with Crippen LogP contribution in [-0.4, -0.2) is 29.1 Å². The Morgan fingerprint density at radius 1 is 1.38 bits per heavy atom. The molecule has 0 aromatic rings. The summed E-state index contributed by atoms with van der Waals surface area (Å²) >= 11 is 0. The Balaban J connectivity index is 3.47. The van der Waals surface area contributed by atoms with Gasteiger partial charge in [-0.05, 0) is 12.3 Å². The van der Waals surface area contributed by atoms with E-state index in [0.29, 0.717) is 5.92 Å². The second-order valence-corrected chi connectivity index (χ2v) is 6.09. The van der Waals surface area contributed by atoms with Crippen LogP contribution in [0.2, 0.25) is 0 Å². The zero-order chi connectivity index (χ0) is 12.4. The molecule has 0 spiro atoms. The number of rotatable bonds is 9. The molecule has 16 heavy (non-hydrogen) atoms. The number of hydrogen-bond acceptors (Lipinski definition) is 4. The van der Waals surface area contributed by atoms with E-state index >= 15 is 0 Å². The molecule has 6 heteroatoms. The highest BCUT2D eigenvalue weighted by atomic mass is 31.2. The van der Waals surface area contributed by atoms with Gasteiger partial charge in [-0.3, -0.25) is 4.57 Å². The first-order valence-corrected chi connectivity index (χ1v) is 7.36. The van der Waals surface area contributed by atoms with E-state index in [4.69, 9.17) is 9.73 Å². The topological polar surface area (TPSA) is 79.1 Å². The summed E-state index contributed by atoms with van der Waals surface area (Å²) in [5.74, 6) is 0.700. The summed E-state index contributed by atoms with van der Waals surface area (Å²) in [6.45, 7) is 4.63. The quantitative estimate of drug-likeness (QED) is 0.217. The lowest BCUT2D eigenvalue weighted by Crippen LogP contribution is -1.98. The van der Waals surface area contributed by atoms with E-state index in [-0.39, 0.29) is 12.8 Å². The lowest BCUT2D eigenvalue weighted by molar-refractivity contribution is 0.254. The first-order valence-electron chi connectivity index (χ1n) is 5.60. The normalized spacial score (nSPS) is 15.8. The van der Waals surface area contributed by atoms with Crippen molar-refractivity contribution in [3.8, 4) is 0 Å². The summed E-state index contributed by atoms with van der Waals surface area (Å²) in [5.41, 5.74) is 0. The third-order valence-electron chi connectivity index (χ3n) is 2.11. The fourth-order valence-electron chi connectivity index (χ4n) is 1.23. The van der Waals surface area contributed by atoms with Crippen LogP contribution in [-0.2, 0) is 9.09 Å². The molecule has 0 aromatic heterocycles. The summed E-state index contributed by atoms with van der Waals surface area (Å²) in [5, 5.41) is 10.8. The number of nitrogens with zero attached hydrogens (tertiary/aromatic N) is 1. The molecule has 0 fully saturated rings. The molecule has 0 rings (SSSR count). The average molecular weight is 251 g/mol. The number of oxime groups is 1. The van der Waals surface area contributed by atoms with Crippen molar-refractivity contribution in [2.24, 2.45) is 11.1 Å². The number of hydrogen-bond donors (Lipinski definition) is 2. The van der Waals surface area contributed by atoms with Gasteiger partial charge < -0.3 is 14.6 Å². The van der Waals surface area contributed by atoms with Crippen molar-refractivity contribution in [1.29, 1.82) is 0 Å². The summed E-state index contributed by atoms with van der Waals surface area (Å²) < 4.78 is 16.1. The monoisotopic (exact) mass is 251 g/mol. The van der Waals surface area contributed by atoms with Gasteiger partial charge in [-0.15, -0.1) is 5.16 Å². The smallest absolute Gasteiger partial charge is 0.333 e. The molecule has 0 heterocycles. The van der Waals surface area contributed by atoms with Gasteiger partial charge in [0.25, 0.3) is 0 Å². The Morgan fingerprint density at radius 3 is 2.62 bits per heavy atom. The molecule has 0 bridgehead atoms. The summed E-state index contributed by atoms with van der Waals surface area (Å²) in [6.07, 6.45) is 4.82. The fraction of sp³-hybridized carbons (Fsp3) is 0.900. The zero-order valence-electron chi connectivity index (χ0n) is 10.0. The maximum atomic E-state index is 11.2. The van der Waals surface area contributed by atoms with Crippen molar-refractivity contribution in [2.75, 3.05) is 12.8 Å². The van der Waals surface area contributed by atoms with E-state index in [0.717, 1.165) is 25.5 Å². The lowest BCUT2D eigenvalue weighted by Gasteiger charge is -2.09. The average Bonchev–Trinajstić information content (AvgIpc) is 2.20. The van der Waals surface area contributed by atoms with Gasteiger partial charge in [0.05, 0.1) is 19.0 Å². The van der Waals surface area contributed by atoms with Crippen LogP contribution in [0.1, 0.15) is 39.5 Å². The van der Waals surface area contributed by atoms with Gasteiger partial charge in [-0.1, -0.05) is 33.1 Å². The van der Waals surface area contributed by atoms with Crippen LogP contribution in [0.3, 0.4) is 0 Å². The Morgan fingerprint density at radius 2 is 2.06 bits per heavy atom. The summed E-state index contributed by atoms with van der Waals surface area (Å²) in [6, 6.07) is 0. The van der Waals surface area contributed by atoms with Crippen molar-refractivity contribution in [3.05, 3.63) is 0 Å². The van der Waals surface area contributed by atoms with Gasteiger partial charge in [-0.2, -0.15) is 0 Å². The van der Waals surface area contributed by atoms with E-state index in [9.17, 15) is 9.46 Å². The standard InChI is InChI=1S/C10H22NO4P/c1-10(2)6-4-3-5-8-15-16(13,14)9-7-11-12/h7,10,12H,3-6,8-9H2,1-2H3,(H,13,14). The van der Waals surface area contributed by atoms with Crippen LogP contribution in [0.25, 0.3) is 0 Å². The van der Waals surface area contributed by atoms with Gasteiger partial charge >= 0.3 is 7.60 Å². The van der Waals surface area contributed by atoms with Crippen LogP contribution in [0, 0.1) is 5.92 Å². The number of unbranched alkanes of at least 4 members (excludes halogenated alkanes) is 2. The van der Waals surface area contributed by atoms with Gasteiger partial charge in [0, 0.05) is 0 Å². The van der Waals surface area contributed by atoms with E-state index in [1.165, 1.54) is 6.42 Å². The molecule has 1 atom stereocenters. The largest absolute Gasteiger partial charge is 0.411 e. The highest BCUT2D eigenvalue weighted by Gasteiger charge is 2.16. The van der Waals surface area contributed by atoms with Crippen molar-refractivity contribution < 1.29 is 19.2 Å². The first kappa shape index (κ1) is 15.6. The van der Waals surface area contributed by atoms with Crippen molar-refractivity contribution in [2.45, 2.75) is 39.5 Å². The fourth-order valence-corrected chi connectivity index (χ4v) is 2.03. The molecule has 2 N–H and O–H groups in total. The van der Waals surface area contributed by atoms with Crippen molar-refractivity contribution >= 4 is 13.8 Å². The van der Waals surface area contributed by atoms with E-state index < -0.39 is 7.60 Å². The van der Waals surface area contributed by atoms with Crippen molar-refractivity contribution in [3.63, 3.8) is 0 Å². The second-order valence-electron chi connectivity index (χ2n) is 4.19. The van der Waals surface area contributed by atoms with Gasteiger partial charge in [0.15, 0.2) is 0 Å². The lowest BCUT2D eigenvalue weighted by atomic mass is 10.1. The molecule has 0 aliphatic carbocycles. The maximum Gasteiger partial charge on any atom is 0.333 e. The Kier molecular flexibility index (Phi) is 8.53. The molecule has 96 valence electrons. The molecule has 0 radical (unpaired) electrons. The molecular weight excluding hydrogens is 229 g/mol. The SMILES string of the molecule is CC(C)CCCCCOP(=O)(O)CC=NO. The van der Waals surface area contributed by atoms with Crippen LogP contribution in [0.4, 0.5) is 0 Å². The van der Waals surface area contributed by atoms with Gasteiger partial charge in [0.2, 0.25) is 0 Å². The predicted molar refractivity (Wildman–Crippen MR) is 64.2 cm³/mol. The molecule has 0 aliphatic rings. The van der Waals surface area contributed by atoms with Gasteiger partial charge in [0.1, 0.15) is 0 Å².